The number of pyridine rings is 2. The van der Waals surface area contributed by atoms with Crippen molar-refractivity contribution in [1.82, 2.24) is 9.97 Å². The van der Waals surface area contributed by atoms with Gasteiger partial charge in [0, 0.05) is 33.5 Å². The summed E-state index contributed by atoms with van der Waals surface area (Å²) in [5.74, 6) is -0.169. The van der Waals surface area contributed by atoms with Gasteiger partial charge in [0.05, 0.1) is 11.2 Å². The van der Waals surface area contributed by atoms with Gasteiger partial charge in [-0.25, -0.2) is 0 Å². The summed E-state index contributed by atoms with van der Waals surface area (Å²) in [4.78, 5) is 20.8. The molecule has 3 rings (SSSR count). The maximum Gasteiger partial charge on any atom is 0.255 e. The minimum absolute atomic E-state index is 0.169. The van der Waals surface area contributed by atoms with Gasteiger partial charge >= 0.3 is 0 Å². The van der Waals surface area contributed by atoms with Crippen LogP contribution in [-0.4, -0.2) is 15.9 Å². The van der Waals surface area contributed by atoms with Crippen LogP contribution in [0.2, 0.25) is 0 Å². The first kappa shape index (κ1) is 13.7. The second-order valence-electron chi connectivity index (χ2n) is 4.67. The predicted octanol–water partition coefficient (Wildman–Crippen LogP) is 3.95. The second kappa shape index (κ2) is 5.61. The number of hydrogen-bond acceptors (Lipinski definition) is 3. The number of aryl methyl sites for hydroxylation is 1. The number of fused-ring (bicyclic) bond motifs is 1. The Labute approximate surface area is 130 Å². The van der Waals surface area contributed by atoms with E-state index in [-0.39, 0.29) is 5.91 Å². The molecule has 0 spiro atoms. The third-order valence-electron chi connectivity index (χ3n) is 3.08. The SMILES string of the molecule is Cc1cc(C(=O)Nc2cccc3cc(Br)cnc23)ccn1. The summed E-state index contributed by atoms with van der Waals surface area (Å²) in [6.07, 6.45) is 3.34. The fraction of sp³-hybridized carbons (Fsp3) is 0.0625. The van der Waals surface area contributed by atoms with Crippen molar-refractivity contribution in [2.75, 3.05) is 5.32 Å². The Hall–Kier alpha value is -2.27. The van der Waals surface area contributed by atoms with Crippen LogP contribution >= 0.6 is 15.9 Å². The Morgan fingerprint density at radius 1 is 1.19 bits per heavy atom. The van der Waals surface area contributed by atoms with Crippen LogP contribution in [0.5, 0.6) is 0 Å². The number of aromatic nitrogens is 2. The van der Waals surface area contributed by atoms with E-state index in [9.17, 15) is 4.79 Å². The Morgan fingerprint density at radius 3 is 2.86 bits per heavy atom. The van der Waals surface area contributed by atoms with E-state index in [1.54, 1.807) is 24.5 Å². The summed E-state index contributed by atoms with van der Waals surface area (Å²) < 4.78 is 0.906. The van der Waals surface area contributed by atoms with E-state index >= 15 is 0 Å². The highest BCUT2D eigenvalue weighted by atomic mass is 79.9. The molecule has 0 bridgehead atoms. The topological polar surface area (TPSA) is 54.9 Å². The second-order valence-corrected chi connectivity index (χ2v) is 5.59. The van der Waals surface area contributed by atoms with Crippen molar-refractivity contribution in [3.8, 4) is 0 Å². The number of para-hydroxylation sites is 1. The summed E-state index contributed by atoms with van der Waals surface area (Å²) in [6, 6.07) is 11.1. The zero-order chi connectivity index (χ0) is 14.8. The summed E-state index contributed by atoms with van der Waals surface area (Å²) in [7, 11) is 0. The van der Waals surface area contributed by atoms with Gasteiger partial charge in [0.2, 0.25) is 0 Å². The van der Waals surface area contributed by atoms with Gasteiger partial charge in [-0.05, 0) is 47.1 Å². The van der Waals surface area contributed by atoms with Crippen LogP contribution in [0.15, 0.2) is 53.3 Å². The molecule has 21 heavy (non-hydrogen) atoms. The molecular formula is C16H12BrN3O. The molecule has 3 aromatic rings. The van der Waals surface area contributed by atoms with Crippen molar-refractivity contribution in [1.29, 1.82) is 0 Å². The molecule has 4 nitrogen and oxygen atoms in total. The summed E-state index contributed by atoms with van der Waals surface area (Å²) >= 11 is 3.40. The number of carbonyl (C=O) groups excluding carboxylic acids is 1. The molecular weight excluding hydrogens is 330 g/mol. The van der Waals surface area contributed by atoms with Gasteiger partial charge in [-0.2, -0.15) is 0 Å². The quantitative estimate of drug-likeness (QED) is 0.767. The van der Waals surface area contributed by atoms with E-state index in [0.29, 0.717) is 11.3 Å². The van der Waals surface area contributed by atoms with E-state index in [1.807, 2.05) is 31.2 Å². The number of anilines is 1. The van der Waals surface area contributed by atoms with E-state index in [0.717, 1.165) is 21.1 Å². The van der Waals surface area contributed by atoms with Gasteiger partial charge in [-0.3, -0.25) is 14.8 Å². The van der Waals surface area contributed by atoms with Crippen LogP contribution < -0.4 is 5.32 Å². The van der Waals surface area contributed by atoms with Crippen molar-refractivity contribution in [3.63, 3.8) is 0 Å². The third-order valence-corrected chi connectivity index (χ3v) is 3.52. The highest BCUT2D eigenvalue weighted by Crippen LogP contribution is 2.24. The van der Waals surface area contributed by atoms with Crippen molar-refractivity contribution in [3.05, 3.63) is 64.5 Å². The van der Waals surface area contributed by atoms with Crippen LogP contribution in [0.3, 0.4) is 0 Å². The molecule has 0 saturated carbocycles. The first-order valence-electron chi connectivity index (χ1n) is 6.42. The Bertz CT molecular complexity index is 833. The predicted molar refractivity (Wildman–Crippen MR) is 86.4 cm³/mol. The minimum atomic E-state index is -0.169. The minimum Gasteiger partial charge on any atom is -0.320 e. The Morgan fingerprint density at radius 2 is 2.05 bits per heavy atom. The van der Waals surface area contributed by atoms with Gasteiger partial charge in [0.25, 0.3) is 5.91 Å². The van der Waals surface area contributed by atoms with E-state index in [4.69, 9.17) is 0 Å². The van der Waals surface area contributed by atoms with E-state index in [2.05, 4.69) is 31.2 Å². The van der Waals surface area contributed by atoms with Crippen molar-refractivity contribution < 1.29 is 4.79 Å². The lowest BCUT2D eigenvalue weighted by atomic mass is 10.1. The highest BCUT2D eigenvalue weighted by Gasteiger charge is 2.09. The molecule has 2 aromatic heterocycles. The largest absolute Gasteiger partial charge is 0.320 e. The third kappa shape index (κ3) is 2.92. The smallest absolute Gasteiger partial charge is 0.255 e. The first-order chi connectivity index (χ1) is 10.1. The summed E-state index contributed by atoms with van der Waals surface area (Å²) in [5.41, 5.74) is 2.85. The molecule has 0 aliphatic carbocycles. The molecule has 0 unspecified atom stereocenters. The normalized spacial score (nSPS) is 10.6. The van der Waals surface area contributed by atoms with Gasteiger partial charge in [0.15, 0.2) is 0 Å². The van der Waals surface area contributed by atoms with Crippen LogP contribution in [0.25, 0.3) is 10.9 Å². The number of benzene rings is 1. The number of halogens is 1. The molecule has 1 N–H and O–H groups in total. The zero-order valence-electron chi connectivity index (χ0n) is 11.3. The lowest BCUT2D eigenvalue weighted by Gasteiger charge is -2.08. The van der Waals surface area contributed by atoms with Gasteiger partial charge in [0.1, 0.15) is 0 Å². The highest BCUT2D eigenvalue weighted by molar-refractivity contribution is 9.10. The zero-order valence-corrected chi connectivity index (χ0v) is 12.9. The average Bonchev–Trinajstić information content (AvgIpc) is 2.47. The molecule has 2 heterocycles. The Balaban J connectivity index is 1.96. The average molecular weight is 342 g/mol. The van der Waals surface area contributed by atoms with Crippen LogP contribution in [0.4, 0.5) is 5.69 Å². The first-order valence-corrected chi connectivity index (χ1v) is 7.21. The number of amides is 1. The Kier molecular flexibility index (Phi) is 3.66. The lowest BCUT2D eigenvalue weighted by molar-refractivity contribution is 0.102. The number of carbonyl (C=O) groups is 1. The molecule has 0 fully saturated rings. The molecule has 104 valence electrons. The van der Waals surface area contributed by atoms with Crippen molar-refractivity contribution in [2.45, 2.75) is 6.92 Å². The lowest BCUT2D eigenvalue weighted by Crippen LogP contribution is -2.12. The van der Waals surface area contributed by atoms with E-state index in [1.165, 1.54) is 0 Å². The standard InChI is InChI=1S/C16H12BrN3O/c1-10-7-12(5-6-18-10)16(21)20-14-4-2-3-11-8-13(17)9-19-15(11)14/h2-9H,1H3,(H,20,21). The van der Waals surface area contributed by atoms with Gasteiger partial charge < -0.3 is 5.32 Å². The maximum absolute atomic E-state index is 12.3. The maximum atomic E-state index is 12.3. The fourth-order valence-electron chi connectivity index (χ4n) is 2.12. The molecule has 0 radical (unpaired) electrons. The molecule has 1 amide bonds. The molecule has 0 atom stereocenters. The van der Waals surface area contributed by atoms with E-state index < -0.39 is 0 Å². The monoisotopic (exact) mass is 341 g/mol. The van der Waals surface area contributed by atoms with Gasteiger partial charge in [-0.1, -0.05) is 12.1 Å². The van der Waals surface area contributed by atoms with Crippen LogP contribution in [-0.2, 0) is 0 Å². The summed E-state index contributed by atoms with van der Waals surface area (Å²) in [6.45, 7) is 1.85. The van der Waals surface area contributed by atoms with Crippen molar-refractivity contribution >= 4 is 38.4 Å². The van der Waals surface area contributed by atoms with Crippen molar-refractivity contribution in [2.24, 2.45) is 0 Å². The van der Waals surface area contributed by atoms with Gasteiger partial charge in [-0.15, -0.1) is 0 Å². The molecule has 0 aliphatic heterocycles. The molecule has 5 heteroatoms. The van der Waals surface area contributed by atoms with Crippen LogP contribution in [0, 0.1) is 6.92 Å². The number of nitrogens with zero attached hydrogens (tertiary/aromatic N) is 2. The van der Waals surface area contributed by atoms with Crippen LogP contribution in [0.1, 0.15) is 16.1 Å². The number of hydrogen-bond donors (Lipinski definition) is 1. The molecule has 0 saturated heterocycles. The molecule has 1 aromatic carbocycles. The number of rotatable bonds is 2. The summed E-state index contributed by atoms with van der Waals surface area (Å²) in [5, 5.41) is 3.87. The molecule has 0 aliphatic rings. The fourth-order valence-corrected chi connectivity index (χ4v) is 2.47. The number of nitrogens with one attached hydrogen (secondary N) is 1.